The van der Waals surface area contributed by atoms with Gasteiger partial charge in [0.2, 0.25) is 12.2 Å². The molecule has 0 aliphatic rings. The zero-order chi connectivity index (χ0) is 80.0. The van der Waals surface area contributed by atoms with Gasteiger partial charge in [-0.3, -0.25) is 52.5 Å². The summed E-state index contributed by atoms with van der Waals surface area (Å²) in [6, 6.07) is 31.8. The van der Waals surface area contributed by atoms with Crippen molar-refractivity contribution >= 4 is 122 Å². The predicted octanol–water partition coefficient (Wildman–Crippen LogP) is 17.3. The van der Waals surface area contributed by atoms with Crippen LogP contribution in [0, 0.1) is 35.1 Å². The first-order chi connectivity index (χ1) is 50.0. The number of carboxylic acid groups (broad SMARTS) is 2. The molecule has 2 aromatic heterocycles. The van der Waals surface area contributed by atoms with E-state index in [0.29, 0.717) is 82.6 Å². The number of nitrogens with one attached hydrogen (secondary N) is 1. The molecule has 31 heteroatoms. The van der Waals surface area contributed by atoms with E-state index in [1.807, 2.05) is 27.7 Å². The smallest absolute Gasteiger partial charge is 0.446 e. The Bertz CT molecular complexity index is 4150. The van der Waals surface area contributed by atoms with Crippen LogP contribution in [0.4, 0.5) is 30.7 Å². The molecule has 0 saturated heterocycles. The number of benzene rings is 6. The average molecular weight is 1610 g/mol. The number of carboxylic acids is 2. The average Bonchev–Trinajstić information content (AvgIpc) is 1.65. The van der Waals surface area contributed by atoms with Gasteiger partial charge >= 0.3 is 18.1 Å². The summed E-state index contributed by atoms with van der Waals surface area (Å²) < 4.78 is 87.8. The highest BCUT2D eigenvalue weighted by molar-refractivity contribution is 6.31. The second-order valence-corrected chi connectivity index (χ2v) is 25.4. The molecule has 0 aliphatic heterocycles. The van der Waals surface area contributed by atoms with E-state index >= 15 is 0 Å². The molecule has 109 heavy (non-hydrogen) atoms. The quantitative estimate of drug-likeness (QED) is 0.0169. The number of nitrogens with zero attached hydrogens (tertiary/aromatic N) is 4. The lowest BCUT2D eigenvalue weighted by Gasteiger charge is -2.17. The topological polar surface area (TPSA) is 346 Å². The van der Waals surface area contributed by atoms with Crippen LogP contribution in [-0.4, -0.2) is 101 Å². The lowest BCUT2D eigenvalue weighted by Crippen LogP contribution is -2.42. The number of Topliss-reactive ketones (excluding diaryl/α,β-unsaturated/α-hetero) is 3. The molecule has 2 heterocycles. The lowest BCUT2D eigenvalue weighted by atomic mass is 9.96. The number of aliphatic carboxylic acids is 2. The Morgan fingerprint density at radius 3 is 1.17 bits per heavy atom. The molecule has 6 aromatic carbocycles. The van der Waals surface area contributed by atoms with Crippen molar-refractivity contribution in [3.05, 3.63) is 198 Å². The van der Waals surface area contributed by atoms with Gasteiger partial charge in [-0.1, -0.05) is 221 Å². The maximum atomic E-state index is 14.1. The maximum Gasteiger partial charge on any atom is 0.446 e. The Labute approximate surface area is 651 Å². The van der Waals surface area contributed by atoms with Crippen molar-refractivity contribution in [3.63, 3.8) is 0 Å². The maximum absolute atomic E-state index is 14.1. The second kappa shape index (κ2) is 52.9. The molecule has 0 spiro atoms. The molecule has 600 valence electrons. The molecule has 0 unspecified atom stereocenters. The number of amides is 3. The fraction of sp³-hybridized carbons (Fsp3) is 0.397. The molecule has 0 fully saturated rings. The minimum Gasteiger partial charge on any atom is -0.481 e. The summed E-state index contributed by atoms with van der Waals surface area (Å²) in [6.45, 7) is 11.3. The van der Waals surface area contributed by atoms with Crippen LogP contribution in [0.15, 0.2) is 121 Å². The summed E-state index contributed by atoms with van der Waals surface area (Å²) in [7, 11) is 0. The summed E-state index contributed by atoms with van der Waals surface area (Å²) in [4.78, 5) is 101. The number of hydrogen-bond donors (Lipinski definition) is 7. The van der Waals surface area contributed by atoms with Gasteiger partial charge in [-0.2, -0.15) is 23.4 Å². The number of ketones is 3. The molecule has 0 aliphatic carbocycles. The third kappa shape index (κ3) is 35.9. The molecular weight excluding hydrogens is 1510 g/mol. The number of fused-ring (bicyclic) bond motifs is 2. The molecule has 4 atom stereocenters. The van der Waals surface area contributed by atoms with Gasteiger partial charge in [0, 0.05) is 48.1 Å². The zero-order valence-corrected chi connectivity index (χ0v) is 62.3. The van der Waals surface area contributed by atoms with E-state index < -0.39 is 77.5 Å². The van der Waals surface area contributed by atoms with Gasteiger partial charge < -0.3 is 38.5 Å². The monoisotopic (exact) mass is 1610 g/mol. The van der Waals surface area contributed by atoms with Crippen LogP contribution < -0.4 is 28.3 Å². The first-order valence-electron chi connectivity index (χ1n) is 33.6. The van der Waals surface area contributed by atoms with Crippen LogP contribution in [0.5, 0.6) is 0 Å². The Morgan fingerprint density at radius 2 is 0.844 bits per heavy atom. The van der Waals surface area contributed by atoms with Gasteiger partial charge in [0.15, 0.2) is 17.2 Å². The molecule has 0 saturated carbocycles. The van der Waals surface area contributed by atoms with Crippen LogP contribution in [0.1, 0.15) is 178 Å². The first-order valence-corrected chi connectivity index (χ1v) is 35.1. The van der Waals surface area contributed by atoms with Crippen LogP contribution in [0.25, 0.3) is 21.8 Å². The van der Waals surface area contributed by atoms with Gasteiger partial charge in [-0.25, -0.2) is 17.6 Å². The number of alkyl halides is 3. The third-order valence-corrected chi connectivity index (χ3v) is 16.7. The van der Waals surface area contributed by atoms with Crippen molar-refractivity contribution in [2.24, 2.45) is 34.8 Å². The third-order valence-electron chi connectivity index (χ3n) is 15.5. The lowest BCUT2D eigenvalue weighted by molar-refractivity contribution is -0.156. The van der Waals surface area contributed by atoms with Crippen LogP contribution in [0.3, 0.4) is 0 Å². The van der Waals surface area contributed by atoms with Crippen LogP contribution in [-0.2, 0) is 72.5 Å². The van der Waals surface area contributed by atoms with E-state index in [4.69, 9.17) is 84.3 Å². The van der Waals surface area contributed by atoms with Crippen molar-refractivity contribution in [2.45, 2.75) is 192 Å². The molecular formula is C78H100Cl4F7N9O11. The Hall–Kier alpha value is -9.12. The van der Waals surface area contributed by atoms with E-state index in [-0.39, 0.29) is 122 Å². The Balaban J connectivity index is 0. The SMILES string of the molecule is C.C.C.CCC[C@H](C)C(=O)CCc1cccc(Cl)c1F.CCC[C@H](C)C(=O)O.CCC[C@H](N)C(=O)CCc1cccc(Cl)c1F.CCC[C@H](NC(=O)Cn1nc(C(N)=O)c2ccccc21)C(=O)CCc1cccc(Cl)c1F.NC(=O)c1nn(CC(=O)O)c2ccccc12.NCc1cccc(Cl)c1F.O=CC(F)(F)F. The van der Waals surface area contributed by atoms with Crippen molar-refractivity contribution < 1.29 is 84.1 Å². The molecule has 8 aromatic rings. The largest absolute Gasteiger partial charge is 0.481 e. The van der Waals surface area contributed by atoms with Gasteiger partial charge in [0.25, 0.3) is 11.8 Å². The normalized spacial score (nSPS) is 11.4. The van der Waals surface area contributed by atoms with E-state index in [2.05, 4.69) is 22.4 Å². The molecule has 20 nitrogen and oxygen atoms in total. The standard InChI is InChI=1S/C23H24ClFN4O3.C14H18ClFO.C13H17ClFNO.C10H9N3O3.C7H7ClFN.C6H12O2.C2HF3O.3CH4/c1-2-6-17(19(30)12-11-14-7-5-9-16(24)21(14)25)27-20(31)13-29-18-10-4-3-8-15(18)22(28-29)23(26)32;1-3-5-10(2)13(17)9-8-11-6-4-7-12(15)14(11)16;1-2-4-11(16)12(17)8-7-9-5-3-6-10(14)13(9)15;11-10(16)9-6-3-1-2-4-7(6)13(12-9)5-8(14)15;8-6-3-1-2-5(4-10)7(6)9;1-3-4-5(2)6(7)8;3-2(4,5)1-6;;;/h3-5,7-10,17H,2,6,11-13H2,1H3,(H2,26,32)(H,27,31);4,6-7,10H,3,5,8-9H2,1-2H3;3,5-6,11H,2,4,7-8,16H2,1H3;1-4H,5H2,(H2,11,16)(H,14,15);1-3H,4,10H2;5H,3-4H2,1-2H3,(H,7,8);1H;3*1H4/t17-;10-;11-;;;5-;;;;/m000..0..../s1. The van der Waals surface area contributed by atoms with E-state index in [1.54, 1.807) is 104 Å². The molecule has 0 bridgehead atoms. The van der Waals surface area contributed by atoms with Crippen molar-refractivity contribution in [2.75, 3.05) is 0 Å². The van der Waals surface area contributed by atoms with Gasteiger partial charge in [0.05, 0.1) is 49.1 Å². The van der Waals surface area contributed by atoms with Gasteiger partial charge in [-0.15, -0.1) is 0 Å². The van der Waals surface area contributed by atoms with Gasteiger partial charge in [-0.05, 0) is 98.0 Å². The summed E-state index contributed by atoms with van der Waals surface area (Å²) >= 11 is 22.6. The summed E-state index contributed by atoms with van der Waals surface area (Å²) in [5, 5.41) is 29.3. The van der Waals surface area contributed by atoms with Crippen LogP contribution in [0.2, 0.25) is 20.1 Å². The number of aromatic nitrogens is 4. The minimum atomic E-state index is -4.64. The number of hydrogen-bond acceptors (Lipinski definition) is 13. The molecule has 3 amide bonds. The highest BCUT2D eigenvalue weighted by Gasteiger charge is 2.26. The minimum absolute atomic E-state index is 0. The number of aryl methyl sites for hydroxylation is 3. The number of nitrogens with two attached hydrogens (primary N) is 4. The predicted molar refractivity (Wildman–Crippen MR) is 415 cm³/mol. The first kappa shape index (κ1) is 102. The van der Waals surface area contributed by atoms with Crippen molar-refractivity contribution in [1.29, 1.82) is 0 Å². The summed E-state index contributed by atoms with van der Waals surface area (Å²) in [5.74, 6) is -5.38. The fourth-order valence-corrected chi connectivity index (χ4v) is 10.7. The Morgan fingerprint density at radius 1 is 0.505 bits per heavy atom. The molecule has 8 rings (SSSR count). The number of primary amides is 2. The highest BCUT2D eigenvalue weighted by Crippen LogP contribution is 2.25. The van der Waals surface area contributed by atoms with Crippen molar-refractivity contribution in [3.8, 4) is 0 Å². The van der Waals surface area contributed by atoms with Gasteiger partial charge in [0.1, 0.15) is 47.9 Å². The Kier molecular flexibility index (Phi) is 49.4. The summed E-state index contributed by atoms with van der Waals surface area (Å²) in [5.41, 5.74) is 24.6. The van der Waals surface area contributed by atoms with E-state index in [0.717, 1.165) is 32.1 Å². The van der Waals surface area contributed by atoms with E-state index in [1.165, 1.54) is 33.6 Å². The van der Waals surface area contributed by atoms with Crippen molar-refractivity contribution in [1.82, 2.24) is 24.9 Å². The number of para-hydroxylation sites is 2. The number of halogens is 11. The number of carbonyl (C=O) groups is 9. The molecule has 11 N–H and O–H groups in total. The highest BCUT2D eigenvalue weighted by atomic mass is 35.5. The fourth-order valence-electron chi connectivity index (χ4n) is 9.90. The number of carbonyl (C=O) groups excluding carboxylic acids is 7. The van der Waals surface area contributed by atoms with Crippen LogP contribution >= 0.6 is 46.4 Å². The van der Waals surface area contributed by atoms with E-state index in [9.17, 15) is 69.1 Å². The zero-order valence-electron chi connectivity index (χ0n) is 59.3. The second-order valence-electron chi connectivity index (χ2n) is 23.8. The molecule has 0 radical (unpaired) electrons. The number of rotatable bonds is 29. The number of aldehydes is 1. The summed E-state index contributed by atoms with van der Waals surface area (Å²) in [6.07, 6.45) is 2.30.